The van der Waals surface area contributed by atoms with E-state index in [-0.39, 0.29) is 0 Å². The van der Waals surface area contributed by atoms with Gasteiger partial charge in [0.25, 0.3) is 0 Å². The Balaban J connectivity index is 2.46. The van der Waals surface area contributed by atoms with Crippen LogP contribution in [0, 0.1) is 5.92 Å². The van der Waals surface area contributed by atoms with Crippen molar-refractivity contribution in [1.82, 2.24) is 15.8 Å². The van der Waals surface area contributed by atoms with Crippen LogP contribution in [0.5, 0.6) is 0 Å². The Kier molecular flexibility index (Phi) is 2.28. The van der Waals surface area contributed by atoms with Gasteiger partial charge in [-0.3, -0.25) is 5.32 Å². The molecule has 3 nitrogen and oxygen atoms in total. The van der Waals surface area contributed by atoms with Gasteiger partial charge < -0.3 is 0 Å². The monoisotopic (exact) mass is 143 g/mol. The van der Waals surface area contributed by atoms with Crippen LogP contribution >= 0.6 is 0 Å². The largest absolute Gasteiger partial charge is 0.284 e. The van der Waals surface area contributed by atoms with E-state index in [9.17, 15) is 0 Å². The normalized spacial score (nSPS) is 35.7. The molecule has 3 heteroatoms. The van der Waals surface area contributed by atoms with E-state index < -0.39 is 0 Å². The first-order chi connectivity index (χ1) is 4.61. The maximum Gasteiger partial charge on any atom is 0.0765 e. The summed E-state index contributed by atoms with van der Waals surface area (Å²) in [7, 11) is 2.07. The minimum absolute atomic E-state index is 0.414. The molecule has 2 atom stereocenters. The molecule has 2 N–H and O–H groups in total. The SMILES string of the molecule is CC1NC(C(C)C)N(C)N1. The minimum atomic E-state index is 0.414. The van der Waals surface area contributed by atoms with Crippen molar-refractivity contribution in [2.45, 2.75) is 33.1 Å². The second-order valence-corrected chi connectivity index (χ2v) is 3.32. The van der Waals surface area contributed by atoms with Crippen LogP contribution < -0.4 is 10.7 Å². The molecule has 0 saturated carbocycles. The van der Waals surface area contributed by atoms with Crippen LogP contribution in [0.3, 0.4) is 0 Å². The van der Waals surface area contributed by atoms with Crippen LogP contribution in [0.2, 0.25) is 0 Å². The van der Waals surface area contributed by atoms with E-state index in [0.717, 1.165) is 0 Å². The molecule has 0 amide bonds. The first-order valence-electron chi connectivity index (χ1n) is 3.86. The van der Waals surface area contributed by atoms with Gasteiger partial charge in [-0.1, -0.05) is 13.8 Å². The number of hydrogen-bond acceptors (Lipinski definition) is 3. The summed E-state index contributed by atoms with van der Waals surface area (Å²) in [6.45, 7) is 6.56. The quantitative estimate of drug-likeness (QED) is 0.555. The Morgan fingerprint density at radius 2 is 2.00 bits per heavy atom. The summed E-state index contributed by atoms with van der Waals surface area (Å²) in [6.07, 6.45) is 0.896. The third kappa shape index (κ3) is 1.48. The molecule has 1 fully saturated rings. The first kappa shape index (κ1) is 7.98. The van der Waals surface area contributed by atoms with Crippen molar-refractivity contribution in [1.29, 1.82) is 0 Å². The van der Waals surface area contributed by atoms with Gasteiger partial charge in [-0.05, 0) is 12.8 Å². The van der Waals surface area contributed by atoms with Crippen LogP contribution in [0.15, 0.2) is 0 Å². The lowest BCUT2D eigenvalue weighted by atomic mass is 10.1. The molecule has 1 aliphatic rings. The fourth-order valence-corrected chi connectivity index (χ4v) is 1.43. The molecule has 0 aromatic rings. The number of rotatable bonds is 1. The standard InChI is InChI=1S/C7H17N3/c1-5(2)7-8-6(3)9-10(7)4/h5-9H,1-4H3. The highest BCUT2D eigenvalue weighted by molar-refractivity contribution is 4.76. The van der Waals surface area contributed by atoms with Crippen LogP contribution in [0.25, 0.3) is 0 Å². The molecule has 1 heterocycles. The molecule has 1 saturated heterocycles. The first-order valence-corrected chi connectivity index (χ1v) is 3.86. The van der Waals surface area contributed by atoms with Crippen molar-refractivity contribution < 1.29 is 0 Å². The topological polar surface area (TPSA) is 27.3 Å². The molecule has 0 bridgehead atoms. The summed E-state index contributed by atoms with van der Waals surface area (Å²) in [5, 5.41) is 5.55. The Morgan fingerprint density at radius 1 is 1.40 bits per heavy atom. The van der Waals surface area contributed by atoms with Gasteiger partial charge in [-0.2, -0.15) is 0 Å². The molecule has 0 aliphatic carbocycles. The summed E-state index contributed by atoms with van der Waals surface area (Å²) < 4.78 is 0. The molecule has 0 aromatic heterocycles. The van der Waals surface area contributed by atoms with Gasteiger partial charge in [0.2, 0.25) is 0 Å². The van der Waals surface area contributed by atoms with Crippen LogP contribution in [0.1, 0.15) is 20.8 Å². The summed E-state index contributed by atoms with van der Waals surface area (Å²) >= 11 is 0. The lowest BCUT2D eigenvalue weighted by Crippen LogP contribution is -2.39. The summed E-state index contributed by atoms with van der Waals surface area (Å²) in [4.78, 5) is 0. The lowest BCUT2D eigenvalue weighted by molar-refractivity contribution is 0.181. The third-order valence-corrected chi connectivity index (χ3v) is 1.87. The van der Waals surface area contributed by atoms with Crippen LogP contribution in [-0.2, 0) is 0 Å². The van der Waals surface area contributed by atoms with Crippen LogP contribution in [-0.4, -0.2) is 24.4 Å². The zero-order valence-corrected chi connectivity index (χ0v) is 7.18. The van der Waals surface area contributed by atoms with E-state index in [1.54, 1.807) is 0 Å². The predicted molar refractivity (Wildman–Crippen MR) is 42.1 cm³/mol. The average molecular weight is 143 g/mol. The fraction of sp³-hybridized carbons (Fsp3) is 1.00. The van der Waals surface area contributed by atoms with Crippen molar-refractivity contribution in [2.75, 3.05) is 7.05 Å². The predicted octanol–water partition coefficient (Wildman–Crippen LogP) is 0.354. The van der Waals surface area contributed by atoms with E-state index >= 15 is 0 Å². The highest BCUT2D eigenvalue weighted by atomic mass is 15.6. The number of nitrogens with one attached hydrogen (secondary N) is 2. The van der Waals surface area contributed by atoms with Crippen molar-refractivity contribution in [3.63, 3.8) is 0 Å². The van der Waals surface area contributed by atoms with E-state index in [1.165, 1.54) is 0 Å². The molecule has 2 unspecified atom stereocenters. The van der Waals surface area contributed by atoms with Gasteiger partial charge in [0.05, 0.1) is 12.3 Å². The number of nitrogens with zero attached hydrogens (tertiary/aromatic N) is 1. The summed E-state index contributed by atoms with van der Waals surface area (Å²) in [6, 6.07) is 0. The second-order valence-electron chi connectivity index (χ2n) is 3.32. The maximum atomic E-state index is 3.42. The summed E-state index contributed by atoms with van der Waals surface area (Å²) in [5.74, 6) is 0.655. The van der Waals surface area contributed by atoms with Gasteiger partial charge in [0.1, 0.15) is 0 Å². The molecular formula is C7H17N3. The third-order valence-electron chi connectivity index (χ3n) is 1.87. The molecule has 60 valence electrons. The van der Waals surface area contributed by atoms with Gasteiger partial charge in [-0.25, -0.2) is 10.4 Å². The summed E-state index contributed by atoms with van der Waals surface area (Å²) in [5.41, 5.74) is 3.27. The maximum absolute atomic E-state index is 3.42. The Morgan fingerprint density at radius 3 is 2.20 bits per heavy atom. The highest BCUT2D eigenvalue weighted by Crippen LogP contribution is 2.09. The smallest absolute Gasteiger partial charge is 0.0765 e. The van der Waals surface area contributed by atoms with Crippen LogP contribution in [0.4, 0.5) is 0 Å². The van der Waals surface area contributed by atoms with Crippen molar-refractivity contribution in [3.8, 4) is 0 Å². The zero-order valence-electron chi connectivity index (χ0n) is 7.18. The van der Waals surface area contributed by atoms with E-state index in [0.29, 0.717) is 18.2 Å². The van der Waals surface area contributed by atoms with Gasteiger partial charge in [0, 0.05) is 7.05 Å². The number of hydrazine groups is 1. The van der Waals surface area contributed by atoms with Crippen molar-refractivity contribution >= 4 is 0 Å². The molecule has 1 rings (SSSR count). The average Bonchev–Trinajstić information content (AvgIpc) is 2.10. The van der Waals surface area contributed by atoms with E-state index in [4.69, 9.17) is 0 Å². The molecule has 0 spiro atoms. The van der Waals surface area contributed by atoms with E-state index in [1.807, 2.05) is 0 Å². The van der Waals surface area contributed by atoms with Gasteiger partial charge in [0.15, 0.2) is 0 Å². The lowest BCUT2D eigenvalue weighted by Gasteiger charge is -2.21. The zero-order chi connectivity index (χ0) is 7.72. The molecule has 1 aliphatic heterocycles. The Hall–Kier alpha value is -0.120. The molecule has 0 radical (unpaired) electrons. The molecule has 10 heavy (non-hydrogen) atoms. The minimum Gasteiger partial charge on any atom is -0.284 e. The van der Waals surface area contributed by atoms with Crippen molar-refractivity contribution in [2.24, 2.45) is 5.92 Å². The van der Waals surface area contributed by atoms with Gasteiger partial charge >= 0.3 is 0 Å². The van der Waals surface area contributed by atoms with E-state index in [2.05, 4.69) is 43.6 Å². The van der Waals surface area contributed by atoms with Gasteiger partial charge in [-0.15, -0.1) is 0 Å². The fourth-order valence-electron chi connectivity index (χ4n) is 1.43. The van der Waals surface area contributed by atoms with Crippen molar-refractivity contribution in [3.05, 3.63) is 0 Å². The highest BCUT2D eigenvalue weighted by Gasteiger charge is 2.26. The second kappa shape index (κ2) is 2.86. The Bertz CT molecular complexity index is 113. The molecule has 0 aromatic carbocycles. The Labute approximate surface area is 62.8 Å². The molecular weight excluding hydrogens is 126 g/mol. The number of hydrogen-bond donors (Lipinski definition) is 2.